The van der Waals surface area contributed by atoms with Crippen molar-refractivity contribution >= 4 is 11.8 Å². The van der Waals surface area contributed by atoms with E-state index in [-0.39, 0.29) is 5.56 Å². The van der Waals surface area contributed by atoms with Gasteiger partial charge in [-0.1, -0.05) is 12.1 Å². The number of benzene rings is 1. The molecule has 26 heavy (non-hydrogen) atoms. The van der Waals surface area contributed by atoms with Crippen LogP contribution in [0.4, 0.5) is 13.2 Å². The molecule has 0 bridgehead atoms. The van der Waals surface area contributed by atoms with Gasteiger partial charge in [0.2, 0.25) is 5.91 Å². The smallest absolute Gasteiger partial charge is 0.347 e. The molecule has 2 rings (SSSR count). The fourth-order valence-electron chi connectivity index (χ4n) is 2.24. The maximum absolute atomic E-state index is 12.8. The number of halogens is 3. The van der Waals surface area contributed by atoms with Crippen LogP contribution in [0.1, 0.15) is 15.9 Å². The predicted octanol–water partition coefficient (Wildman–Crippen LogP) is 2.02. The molecule has 0 unspecified atom stereocenters. The maximum Gasteiger partial charge on any atom is 0.406 e. The first-order valence-electron chi connectivity index (χ1n) is 7.78. The van der Waals surface area contributed by atoms with Crippen molar-refractivity contribution in [2.75, 3.05) is 27.2 Å². The molecule has 1 aromatic carbocycles. The van der Waals surface area contributed by atoms with Crippen LogP contribution in [0.2, 0.25) is 0 Å². The minimum absolute atomic E-state index is 0.0880. The van der Waals surface area contributed by atoms with Crippen LogP contribution in [0.3, 0.4) is 0 Å². The van der Waals surface area contributed by atoms with Crippen LogP contribution < -0.4 is 0 Å². The summed E-state index contributed by atoms with van der Waals surface area (Å²) < 4.78 is 40.0. The highest BCUT2D eigenvalue weighted by Crippen LogP contribution is 2.18. The van der Waals surface area contributed by atoms with Crippen molar-refractivity contribution in [2.45, 2.75) is 12.7 Å². The number of alkyl halides is 3. The lowest BCUT2D eigenvalue weighted by atomic mass is 10.1. The zero-order valence-corrected chi connectivity index (χ0v) is 14.4. The van der Waals surface area contributed by atoms with Gasteiger partial charge < -0.3 is 9.80 Å². The number of likely N-dealkylation sites (N-methyl/N-ethyl adjacent to an activating group) is 1. The first-order chi connectivity index (χ1) is 12.2. The van der Waals surface area contributed by atoms with Crippen molar-refractivity contribution in [3.8, 4) is 0 Å². The second kappa shape index (κ2) is 8.03. The predicted molar refractivity (Wildman–Crippen MR) is 88.4 cm³/mol. The minimum Gasteiger partial charge on any atom is -0.347 e. The Balaban J connectivity index is 2.14. The Morgan fingerprint density at radius 3 is 2.31 bits per heavy atom. The number of hydrogen-bond acceptors (Lipinski definition) is 3. The summed E-state index contributed by atoms with van der Waals surface area (Å²) in [5, 5.41) is 4.06. The lowest BCUT2D eigenvalue weighted by Gasteiger charge is -2.25. The Hall–Kier alpha value is -2.84. The summed E-state index contributed by atoms with van der Waals surface area (Å²) in [6, 6.07) is 7.97. The van der Waals surface area contributed by atoms with E-state index in [0.717, 1.165) is 10.5 Å². The Kier molecular flexibility index (Phi) is 6.01. The number of amides is 2. The minimum atomic E-state index is -4.59. The van der Waals surface area contributed by atoms with Gasteiger partial charge in [0.1, 0.15) is 13.1 Å². The van der Waals surface area contributed by atoms with Crippen molar-refractivity contribution in [3.63, 3.8) is 0 Å². The van der Waals surface area contributed by atoms with Crippen LogP contribution in [0.5, 0.6) is 0 Å². The molecular weight excluding hydrogens is 349 g/mol. The quantitative estimate of drug-likeness (QED) is 0.784. The molecule has 0 aliphatic heterocycles. The number of carbonyl (C=O) groups excluding carboxylic acids is 2. The highest BCUT2D eigenvalue weighted by Gasteiger charge is 2.34. The number of hydrogen-bond donors (Lipinski definition) is 0. The second-order valence-corrected chi connectivity index (χ2v) is 5.97. The van der Waals surface area contributed by atoms with E-state index in [9.17, 15) is 22.8 Å². The van der Waals surface area contributed by atoms with E-state index in [4.69, 9.17) is 0 Å². The molecule has 1 aromatic heterocycles. The van der Waals surface area contributed by atoms with Crippen molar-refractivity contribution in [1.29, 1.82) is 0 Å². The van der Waals surface area contributed by atoms with Crippen LogP contribution in [0.15, 0.2) is 42.7 Å². The average molecular weight is 368 g/mol. The molecule has 9 heteroatoms. The Morgan fingerprint density at radius 2 is 1.81 bits per heavy atom. The van der Waals surface area contributed by atoms with Crippen LogP contribution in [0.25, 0.3) is 0 Å². The third-order valence-electron chi connectivity index (χ3n) is 3.59. The zero-order chi connectivity index (χ0) is 19.3. The monoisotopic (exact) mass is 368 g/mol. The van der Waals surface area contributed by atoms with E-state index >= 15 is 0 Å². The van der Waals surface area contributed by atoms with Gasteiger partial charge in [0.15, 0.2) is 0 Å². The molecule has 1 heterocycles. The molecule has 0 saturated carbocycles. The third-order valence-corrected chi connectivity index (χ3v) is 3.59. The van der Waals surface area contributed by atoms with Gasteiger partial charge in [0.25, 0.3) is 5.91 Å². The van der Waals surface area contributed by atoms with E-state index in [2.05, 4.69) is 5.10 Å². The van der Waals surface area contributed by atoms with Crippen LogP contribution in [-0.2, 0) is 11.3 Å². The van der Waals surface area contributed by atoms with Crippen molar-refractivity contribution in [1.82, 2.24) is 19.6 Å². The molecule has 0 aliphatic carbocycles. The summed E-state index contributed by atoms with van der Waals surface area (Å²) in [6.07, 6.45) is -1.19. The SMILES string of the molecule is CN(C)C(=O)CN(CC(F)(F)F)C(=O)c1ccc(Cn2cccn2)cc1. The van der Waals surface area contributed by atoms with Gasteiger partial charge in [-0.2, -0.15) is 18.3 Å². The van der Waals surface area contributed by atoms with Crippen LogP contribution >= 0.6 is 0 Å². The van der Waals surface area contributed by atoms with Crippen molar-refractivity contribution in [3.05, 3.63) is 53.9 Å². The highest BCUT2D eigenvalue weighted by atomic mass is 19.4. The first-order valence-corrected chi connectivity index (χ1v) is 7.78. The average Bonchev–Trinajstić information content (AvgIpc) is 3.06. The van der Waals surface area contributed by atoms with Gasteiger partial charge in [-0.05, 0) is 23.8 Å². The Bertz CT molecular complexity index is 740. The largest absolute Gasteiger partial charge is 0.406 e. The normalized spacial score (nSPS) is 11.3. The van der Waals surface area contributed by atoms with Gasteiger partial charge in [-0.25, -0.2) is 0 Å². The molecule has 0 saturated heterocycles. The molecule has 6 nitrogen and oxygen atoms in total. The van der Waals surface area contributed by atoms with Gasteiger partial charge in [0.05, 0.1) is 6.54 Å². The summed E-state index contributed by atoms with van der Waals surface area (Å²) in [4.78, 5) is 25.9. The molecule has 0 atom stereocenters. The summed E-state index contributed by atoms with van der Waals surface area (Å²) in [7, 11) is 2.84. The van der Waals surface area contributed by atoms with Crippen LogP contribution in [-0.4, -0.2) is 64.8 Å². The van der Waals surface area contributed by atoms with E-state index in [1.807, 2.05) is 0 Å². The Morgan fingerprint density at radius 1 is 1.15 bits per heavy atom. The van der Waals surface area contributed by atoms with Crippen LogP contribution in [0, 0.1) is 0 Å². The molecule has 140 valence electrons. The molecule has 0 N–H and O–H groups in total. The molecule has 0 spiro atoms. The summed E-state index contributed by atoms with van der Waals surface area (Å²) >= 11 is 0. The lowest BCUT2D eigenvalue weighted by molar-refractivity contribution is -0.146. The molecule has 0 radical (unpaired) electrons. The molecule has 2 aromatic rings. The molecule has 0 aliphatic rings. The van der Waals surface area contributed by atoms with Crippen molar-refractivity contribution < 1.29 is 22.8 Å². The van der Waals surface area contributed by atoms with Gasteiger partial charge >= 0.3 is 6.18 Å². The number of rotatable bonds is 6. The third kappa shape index (κ3) is 5.61. The lowest BCUT2D eigenvalue weighted by Crippen LogP contribution is -2.44. The van der Waals surface area contributed by atoms with E-state index in [1.54, 1.807) is 35.3 Å². The molecule has 2 amide bonds. The fraction of sp³-hybridized carbons (Fsp3) is 0.353. The summed E-state index contributed by atoms with van der Waals surface area (Å²) in [6.45, 7) is -1.65. The van der Waals surface area contributed by atoms with Gasteiger partial charge in [-0.3, -0.25) is 14.3 Å². The van der Waals surface area contributed by atoms with E-state index < -0.39 is 31.1 Å². The second-order valence-electron chi connectivity index (χ2n) is 5.97. The first kappa shape index (κ1) is 19.5. The molecule has 0 fully saturated rings. The number of carbonyl (C=O) groups is 2. The fourth-order valence-corrected chi connectivity index (χ4v) is 2.24. The highest BCUT2D eigenvalue weighted by molar-refractivity contribution is 5.96. The summed E-state index contributed by atoms with van der Waals surface area (Å²) in [5.41, 5.74) is 0.932. The van der Waals surface area contributed by atoms with Gasteiger partial charge in [0, 0.05) is 32.1 Å². The van der Waals surface area contributed by atoms with E-state index in [0.29, 0.717) is 11.4 Å². The van der Waals surface area contributed by atoms with Crippen molar-refractivity contribution in [2.24, 2.45) is 0 Å². The zero-order valence-electron chi connectivity index (χ0n) is 14.4. The maximum atomic E-state index is 12.8. The van der Waals surface area contributed by atoms with Gasteiger partial charge in [-0.15, -0.1) is 0 Å². The van der Waals surface area contributed by atoms with E-state index in [1.165, 1.54) is 26.2 Å². The summed E-state index contributed by atoms with van der Waals surface area (Å²) in [5.74, 6) is -1.43. The molecular formula is C17H19F3N4O2. The number of aromatic nitrogens is 2. The topological polar surface area (TPSA) is 58.4 Å². The standard InChI is InChI=1S/C17H19F3N4O2/c1-22(2)15(25)11-23(12-17(18,19)20)16(26)14-6-4-13(5-7-14)10-24-9-3-8-21-24/h3-9H,10-12H2,1-2H3. The Labute approximate surface area is 148 Å². The number of nitrogens with zero attached hydrogens (tertiary/aromatic N) is 4.